The number of thiazole rings is 1. The van der Waals surface area contributed by atoms with E-state index in [0.717, 1.165) is 30.6 Å². The van der Waals surface area contributed by atoms with Gasteiger partial charge in [-0.05, 0) is 65.9 Å². The van der Waals surface area contributed by atoms with Crippen LogP contribution >= 0.6 is 11.3 Å². The Morgan fingerprint density at radius 1 is 1.22 bits per heavy atom. The number of aliphatic hydroxyl groups is 1. The fraction of sp³-hybridized carbons (Fsp3) is 0.600. The second kappa shape index (κ2) is 10.4. The number of nitrogens with zero attached hydrogens (tertiary/aromatic N) is 3. The van der Waals surface area contributed by atoms with Gasteiger partial charge in [-0.2, -0.15) is 0 Å². The van der Waals surface area contributed by atoms with Crippen LogP contribution in [0.15, 0.2) is 12.3 Å². The number of carbonyl (C=O) groups excluding carboxylic acids is 2. The van der Waals surface area contributed by atoms with E-state index in [4.69, 9.17) is 0 Å². The number of carbonyl (C=O) groups is 2. The maximum Gasteiger partial charge on any atom is 0.280 e. The highest BCUT2D eigenvalue weighted by Gasteiger charge is 2.34. The molecule has 3 atom stereocenters. The molecule has 36 heavy (non-hydrogen) atoms. The van der Waals surface area contributed by atoms with Gasteiger partial charge in [0, 0.05) is 35.4 Å². The number of pyridine rings is 1. The molecule has 3 N–H and O–H groups in total. The molecule has 0 bridgehead atoms. The van der Waals surface area contributed by atoms with Crippen molar-refractivity contribution in [3.05, 3.63) is 28.5 Å². The molecule has 2 aromatic heterocycles. The SMILES string of the molecule is C[C@H]1CCCN1C(=O)c1nc(C(=O)N[C@H]2CCC[C@H]2O)sc1-c1cnc(NC(C)(C)C)cc1C(F)F. The molecule has 11 heteroatoms. The molecular weight excluding hydrogens is 488 g/mol. The van der Waals surface area contributed by atoms with Crippen LogP contribution in [-0.2, 0) is 0 Å². The third-order valence-electron chi connectivity index (χ3n) is 6.55. The van der Waals surface area contributed by atoms with Gasteiger partial charge in [-0.3, -0.25) is 9.59 Å². The number of anilines is 1. The highest BCUT2D eigenvalue weighted by atomic mass is 32.1. The summed E-state index contributed by atoms with van der Waals surface area (Å²) in [7, 11) is 0. The lowest BCUT2D eigenvalue weighted by atomic mass is 10.1. The van der Waals surface area contributed by atoms with Crippen molar-refractivity contribution >= 4 is 29.0 Å². The molecule has 0 aromatic carbocycles. The third-order valence-corrected chi connectivity index (χ3v) is 7.64. The van der Waals surface area contributed by atoms with Gasteiger partial charge in [0.15, 0.2) is 5.01 Å². The van der Waals surface area contributed by atoms with Crippen molar-refractivity contribution in [3.8, 4) is 10.4 Å². The smallest absolute Gasteiger partial charge is 0.280 e. The van der Waals surface area contributed by atoms with Gasteiger partial charge < -0.3 is 20.6 Å². The summed E-state index contributed by atoms with van der Waals surface area (Å²) >= 11 is 0.898. The Morgan fingerprint density at radius 3 is 2.56 bits per heavy atom. The molecule has 2 fully saturated rings. The number of rotatable bonds is 6. The molecule has 1 aliphatic carbocycles. The summed E-state index contributed by atoms with van der Waals surface area (Å²) in [5.74, 6) is -0.623. The van der Waals surface area contributed by atoms with E-state index in [9.17, 15) is 23.5 Å². The van der Waals surface area contributed by atoms with E-state index in [1.807, 2.05) is 27.7 Å². The topological polar surface area (TPSA) is 107 Å². The van der Waals surface area contributed by atoms with Gasteiger partial charge in [0.05, 0.1) is 17.0 Å². The predicted molar refractivity (Wildman–Crippen MR) is 135 cm³/mol. The summed E-state index contributed by atoms with van der Waals surface area (Å²) in [5.41, 5.74) is -0.619. The fourth-order valence-corrected chi connectivity index (χ4v) is 5.74. The number of alkyl halides is 2. The standard InChI is InChI=1S/C25H33F2N5O3S/c1-13-7-6-10-32(13)24(35)19-20(36-23(30-19)22(34)29-16-8-5-9-17(16)33)15-12-28-18(31-25(2,3)4)11-14(15)21(26)27/h11-13,16-17,21,33H,5-10H2,1-4H3,(H,28,31)(H,29,34)/t13-,16-,17+/m0/s1. The van der Waals surface area contributed by atoms with Gasteiger partial charge >= 0.3 is 0 Å². The lowest BCUT2D eigenvalue weighted by Crippen LogP contribution is -2.40. The van der Waals surface area contributed by atoms with E-state index in [0.29, 0.717) is 25.2 Å². The molecular formula is C25H33F2N5O3S. The van der Waals surface area contributed by atoms with Crippen molar-refractivity contribution in [2.24, 2.45) is 0 Å². The summed E-state index contributed by atoms with van der Waals surface area (Å²) in [6, 6.07) is 0.874. The summed E-state index contributed by atoms with van der Waals surface area (Å²) in [5, 5.41) is 16.0. The van der Waals surface area contributed by atoms with E-state index >= 15 is 0 Å². The minimum absolute atomic E-state index is 0.00332. The number of amides is 2. The Balaban J connectivity index is 1.76. The quantitative estimate of drug-likeness (QED) is 0.512. The van der Waals surface area contributed by atoms with Gasteiger partial charge in [-0.25, -0.2) is 18.7 Å². The Hall–Kier alpha value is -2.66. The normalized spacial score (nSPS) is 22.3. The van der Waals surface area contributed by atoms with E-state index < -0.39 is 24.5 Å². The number of aliphatic hydroxyl groups excluding tert-OH is 1. The first-order valence-corrected chi connectivity index (χ1v) is 13.1. The average Bonchev–Trinajstić information content (AvgIpc) is 3.52. The van der Waals surface area contributed by atoms with E-state index in [-0.39, 0.29) is 44.2 Å². The molecule has 4 rings (SSSR count). The average molecular weight is 522 g/mol. The first-order chi connectivity index (χ1) is 16.9. The number of likely N-dealkylation sites (tertiary alicyclic amines) is 1. The molecule has 1 aliphatic heterocycles. The second-order valence-corrected chi connectivity index (χ2v) is 11.6. The Bertz CT molecular complexity index is 1130. The molecule has 2 aromatic rings. The highest BCUT2D eigenvalue weighted by molar-refractivity contribution is 7.17. The monoisotopic (exact) mass is 521 g/mol. The molecule has 3 heterocycles. The van der Waals surface area contributed by atoms with Crippen molar-refractivity contribution < 1.29 is 23.5 Å². The van der Waals surface area contributed by atoms with Gasteiger partial charge in [-0.15, -0.1) is 11.3 Å². The number of halogens is 2. The maximum atomic E-state index is 14.2. The third kappa shape index (κ3) is 5.67. The van der Waals surface area contributed by atoms with Crippen molar-refractivity contribution in [1.82, 2.24) is 20.2 Å². The summed E-state index contributed by atoms with van der Waals surface area (Å²) in [6.45, 7) is 8.17. The van der Waals surface area contributed by atoms with Gasteiger partial charge in [0.2, 0.25) is 0 Å². The molecule has 1 saturated carbocycles. The van der Waals surface area contributed by atoms with Crippen LogP contribution in [-0.4, -0.2) is 62.1 Å². The summed E-state index contributed by atoms with van der Waals surface area (Å²) < 4.78 is 28.5. The maximum absolute atomic E-state index is 14.2. The number of aromatic nitrogens is 2. The largest absolute Gasteiger partial charge is 0.391 e. The zero-order valence-electron chi connectivity index (χ0n) is 21.0. The zero-order chi connectivity index (χ0) is 26.2. The van der Waals surface area contributed by atoms with Gasteiger partial charge in [0.25, 0.3) is 18.2 Å². The van der Waals surface area contributed by atoms with Crippen LogP contribution in [0.5, 0.6) is 0 Å². The zero-order valence-corrected chi connectivity index (χ0v) is 21.8. The summed E-state index contributed by atoms with van der Waals surface area (Å²) in [6.07, 6.45) is 1.57. The van der Waals surface area contributed by atoms with Gasteiger partial charge in [-0.1, -0.05) is 0 Å². The van der Waals surface area contributed by atoms with Crippen molar-refractivity contribution in [1.29, 1.82) is 0 Å². The van der Waals surface area contributed by atoms with Crippen molar-refractivity contribution in [3.63, 3.8) is 0 Å². The molecule has 0 unspecified atom stereocenters. The van der Waals surface area contributed by atoms with Crippen molar-refractivity contribution in [2.45, 2.75) is 90.0 Å². The van der Waals surface area contributed by atoms with E-state index in [1.165, 1.54) is 12.3 Å². The van der Waals surface area contributed by atoms with Crippen LogP contribution in [0.2, 0.25) is 0 Å². The first-order valence-electron chi connectivity index (χ1n) is 12.3. The lowest BCUT2D eigenvalue weighted by molar-refractivity contribution is 0.0742. The molecule has 8 nitrogen and oxygen atoms in total. The molecule has 196 valence electrons. The Kier molecular flexibility index (Phi) is 7.61. The van der Waals surface area contributed by atoms with E-state index in [1.54, 1.807) is 4.90 Å². The molecule has 2 aliphatic rings. The molecule has 2 amide bonds. The molecule has 1 saturated heterocycles. The Labute approximate surface area is 213 Å². The van der Waals surface area contributed by atoms with Crippen LogP contribution in [0.1, 0.15) is 92.1 Å². The Morgan fingerprint density at radius 2 is 1.97 bits per heavy atom. The van der Waals surface area contributed by atoms with Crippen LogP contribution < -0.4 is 10.6 Å². The highest BCUT2D eigenvalue weighted by Crippen LogP contribution is 2.39. The van der Waals surface area contributed by atoms with Crippen molar-refractivity contribution in [2.75, 3.05) is 11.9 Å². The fourth-order valence-electron chi connectivity index (χ4n) is 4.75. The molecule has 0 radical (unpaired) electrons. The predicted octanol–water partition coefficient (Wildman–Crippen LogP) is 4.62. The first kappa shape index (κ1) is 26.4. The second-order valence-electron chi connectivity index (χ2n) is 10.6. The number of hydrogen-bond donors (Lipinski definition) is 3. The number of nitrogens with one attached hydrogen (secondary N) is 2. The van der Waals surface area contributed by atoms with Crippen LogP contribution in [0.3, 0.4) is 0 Å². The lowest BCUT2D eigenvalue weighted by Gasteiger charge is -2.23. The minimum Gasteiger partial charge on any atom is -0.391 e. The van der Waals surface area contributed by atoms with Crippen LogP contribution in [0.25, 0.3) is 10.4 Å². The minimum atomic E-state index is -2.83. The summed E-state index contributed by atoms with van der Waals surface area (Å²) in [4.78, 5) is 37.1. The van der Waals surface area contributed by atoms with Crippen LogP contribution in [0, 0.1) is 0 Å². The number of hydrogen-bond acceptors (Lipinski definition) is 7. The van der Waals surface area contributed by atoms with Gasteiger partial charge in [0.1, 0.15) is 11.5 Å². The molecule has 0 spiro atoms. The van der Waals surface area contributed by atoms with Crippen LogP contribution in [0.4, 0.5) is 14.6 Å². The van der Waals surface area contributed by atoms with E-state index in [2.05, 4.69) is 20.6 Å².